The molecule has 17 heavy (non-hydrogen) atoms. The van der Waals surface area contributed by atoms with Gasteiger partial charge in [0.1, 0.15) is 6.29 Å². The third kappa shape index (κ3) is 5.45. The van der Waals surface area contributed by atoms with Gasteiger partial charge in [0, 0.05) is 10.0 Å². The van der Waals surface area contributed by atoms with E-state index in [4.69, 9.17) is 0 Å². The van der Waals surface area contributed by atoms with Gasteiger partial charge in [0.05, 0.1) is 0 Å². The molecule has 2 heteroatoms. The minimum absolute atomic E-state index is 0.707. The van der Waals surface area contributed by atoms with E-state index in [-0.39, 0.29) is 0 Å². The van der Waals surface area contributed by atoms with Crippen molar-refractivity contribution in [3.8, 4) is 0 Å². The van der Waals surface area contributed by atoms with Gasteiger partial charge in [0.25, 0.3) is 0 Å². The number of rotatable bonds is 2. The van der Waals surface area contributed by atoms with Gasteiger partial charge in [-0.25, -0.2) is 0 Å². The van der Waals surface area contributed by atoms with Crippen LogP contribution in [0.2, 0.25) is 0 Å². The number of hydrogen-bond donors (Lipinski definition) is 0. The molecule has 2 aromatic rings. The highest BCUT2D eigenvalue weighted by Crippen LogP contribution is 2.08. The summed E-state index contributed by atoms with van der Waals surface area (Å²) in [5.41, 5.74) is 2.12. The molecule has 2 aromatic carbocycles. The minimum Gasteiger partial charge on any atom is -0.298 e. The summed E-state index contributed by atoms with van der Waals surface area (Å²) in [6.45, 7) is 2.16. The maximum Gasteiger partial charge on any atom is 0.150 e. The molecule has 1 nitrogen and oxygen atoms in total. The van der Waals surface area contributed by atoms with Crippen LogP contribution < -0.4 is 0 Å². The second-order valence-corrected chi connectivity index (χ2v) is 4.42. The van der Waals surface area contributed by atoms with E-state index in [1.165, 1.54) is 5.56 Å². The van der Waals surface area contributed by atoms with E-state index in [1.54, 1.807) is 12.1 Å². The molecule has 88 valence electrons. The van der Waals surface area contributed by atoms with E-state index in [1.807, 2.05) is 18.2 Å². The topological polar surface area (TPSA) is 17.1 Å². The molecule has 0 saturated heterocycles. The van der Waals surface area contributed by atoms with Crippen LogP contribution in [0.25, 0.3) is 0 Å². The molecule has 0 aliphatic heterocycles. The standard InChI is InChI=1S/C8H10.C7H5BrO/c1-2-8-6-4-3-5-7-8;8-7-3-1-6(5-9)2-4-7/h3-7H,2H2,1H3;1-5H. The third-order valence-corrected chi connectivity index (χ3v) is 2.79. The van der Waals surface area contributed by atoms with Crippen LogP contribution >= 0.6 is 15.9 Å². The quantitative estimate of drug-likeness (QED) is 0.744. The molecule has 0 aromatic heterocycles. The summed E-state index contributed by atoms with van der Waals surface area (Å²) in [6.07, 6.45) is 1.97. The molecular weight excluding hydrogens is 276 g/mol. The predicted molar refractivity (Wildman–Crippen MR) is 75.3 cm³/mol. The summed E-state index contributed by atoms with van der Waals surface area (Å²) in [5.74, 6) is 0. The van der Waals surface area contributed by atoms with Crippen molar-refractivity contribution in [1.29, 1.82) is 0 Å². The number of halogens is 1. The smallest absolute Gasteiger partial charge is 0.150 e. The first-order valence-electron chi connectivity index (χ1n) is 5.51. The Labute approximate surface area is 111 Å². The first-order valence-corrected chi connectivity index (χ1v) is 6.30. The predicted octanol–water partition coefficient (Wildman–Crippen LogP) is 4.51. The van der Waals surface area contributed by atoms with Gasteiger partial charge in [-0.2, -0.15) is 0 Å². The fourth-order valence-electron chi connectivity index (χ4n) is 1.26. The van der Waals surface area contributed by atoms with E-state index in [2.05, 4.69) is 47.1 Å². The molecular formula is C15H15BrO. The van der Waals surface area contributed by atoms with Crippen molar-refractivity contribution in [3.05, 3.63) is 70.2 Å². The van der Waals surface area contributed by atoms with Gasteiger partial charge < -0.3 is 0 Å². The van der Waals surface area contributed by atoms with Gasteiger partial charge in [-0.05, 0) is 24.1 Å². The molecule has 0 unspecified atom stereocenters. The van der Waals surface area contributed by atoms with Crippen molar-refractivity contribution in [1.82, 2.24) is 0 Å². The third-order valence-electron chi connectivity index (χ3n) is 2.26. The highest BCUT2D eigenvalue weighted by molar-refractivity contribution is 9.10. The van der Waals surface area contributed by atoms with Crippen molar-refractivity contribution < 1.29 is 4.79 Å². The molecule has 0 heterocycles. The number of hydrogen-bond acceptors (Lipinski definition) is 1. The summed E-state index contributed by atoms with van der Waals surface area (Å²) >= 11 is 3.26. The van der Waals surface area contributed by atoms with E-state index in [9.17, 15) is 4.79 Å². The Hall–Kier alpha value is -1.41. The maximum atomic E-state index is 10.1. The summed E-state index contributed by atoms with van der Waals surface area (Å²) < 4.78 is 0.994. The van der Waals surface area contributed by atoms with Crippen LogP contribution in [-0.2, 0) is 6.42 Å². The highest BCUT2D eigenvalue weighted by atomic mass is 79.9. The Kier molecular flexibility index (Phi) is 6.26. The molecule has 0 spiro atoms. The largest absolute Gasteiger partial charge is 0.298 e. The highest BCUT2D eigenvalue weighted by Gasteiger charge is 1.86. The van der Waals surface area contributed by atoms with Crippen molar-refractivity contribution in [3.63, 3.8) is 0 Å². The molecule has 0 aliphatic carbocycles. The first-order chi connectivity index (χ1) is 8.26. The lowest BCUT2D eigenvalue weighted by molar-refractivity contribution is 0.112. The lowest BCUT2D eigenvalue weighted by Gasteiger charge is -1.89. The zero-order valence-electron chi connectivity index (χ0n) is 9.77. The van der Waals surface area contributed by atoms with Crippen molar-refractivity contribution in [2.45, 2.75) is 13.3 Å². The number of carbonyl (C=O) groups is 1. The van der Waals surface area contributed by atoms with Crippen LogP contribution in [-0.4, -0.2) is 6.29 Å². The monoisotopic (exact) mass is 290 g/mol. The van der Waals surface area contributed by atoms with Crippen molar-refractivity contribution >= 4 is 22.2 Å². The molecule has 2 rings (SSSR count). The van der Waals surface area contributed by atoms with E-state index < -0.39 is 0 Å². The van der Waals surface area contributed by atoms with Gasteiger partial charge in [0.2, 0.25) is 0 Å². The summed E-state index contributed by atoms with van der Waals surface area (Å²) in [4.78, 5) is 10.1. The molecule has 0 atom stereocenters. The van der Waals surface area contributed by atoms with Crippen molar-refractivity contribution in [2.75, 3.05) is 0 Å². The summed E-state index contributed by atoms with van der Waals surface area (Å²) in [7, 11) is 0. The van der Waals surface area contributed by atoms with Crippen molar-refractivity contribution in [2.24, 2.45) is 0 Å². The average molecular weight is 291 g/mol. The molecule has 0 N–H and O–H groups in total. The number of aldehydes is 1. The van der Waals surface area contributed by atoms with E-state index in [0.717, 1.165) is 17.2 Å². The first kappa shape index (κ1) is 13.7. The molecule has 0 fully saturated rings. The Morgan fingerprint density at radius 2 is 1.59 bits per heavy atom. The summed E-state index contributed by atoms with van der Waals surface area (Å²) in [6, 6.07) is 17.7. The fourth-order valence-corrected chi connectivity index (χ4v) is 1.52. The van der Waals surface area contributed by atoms with E-state index >= 15 is 0 Å². The van der Waals surface area contributed by atoms with Gasteiger partial charge >= 0.3 is 0 Å². The lowest BCUT2D eigenvalue weighted by atomic mass is 10.2. The zero-order chi connectivity index (χ0) is 12.5. The van der Waals surface area contributed by atoms with Gasteiger partial charge in [-0.1, -0.05) is 65.3 Å². The Balaban J connectivity index is 0.000000171. The molecule has 0 radical (unpaired) electrons. The minimum atomic E-state index is 0.707. The zero-order valence-corrected chi connectivity index (χ0v) is 11.4. The normalized spacial score (nSPS) is 9.06. The fraction of sp³-hybridized carbons (Fsp3) is 0.133. The number of benzene rings is 2. The second kappa shape index (κ2) is 7.80. The Bertz CT molecular complexity index is 434. The Morgan fingerprint density at radius 1 is 1.00 bits per heavy atom. The molecule has 0 aliphatic rings. The maximum absolute atomic E-state index is 10.1. The molecule has 0 bridgehead atoms. The van der Waals surface area contributed by atoms with Crippen LogP contribution in [0.1, 0.15) is 22.8 Å². The van der Waals surface area contributed by atoms with Crippen LogP contribution in [0.15, 0.2) is 59.1 Å². The average Bonchev–Trinajstić information content (AvgIpc) is 2.41. The van der Waals surface area contributed by atoms with Gasteiger partial charge in [-0.15, -0.1) is 0 Å². The lowest BCUT2D eigenvalue weighted by Crippen LogP contribution is -1.75. The van der Waals surface area contributed by atoms with Crippen LogP contribution in [0.4, 0.5) is 0 Å². The molecule has 0 amide bonds. The second-order valence-electron chi connectivity index (χ2n) is 3.51. The molecule has 0 saturated carbocycles. The SMILES string of the molecule is CCc1ccccc1.O=Cc1ccc(Br)cc1. The number of aryl methyl sites for hydroxylation is 1. The number of carbonyl (C=O) groups excluding carboxylic acids is 1. The van der Waals surface area contributed by atoms with Crippen LogP contribution in [0.5, 0.6) is 0 Å². The van der Waals surface area contributed by atoms with Crippen LogP contribution in [0.3, 0.4) is 0 Å². The summed E-state index contributed by atoms with van der Waals surface area (Å²) in [5, 5.41) is 0. The van der Waals surface area contributed by atoms with Gasteiger partial charge in [-0.3, -0.25) is 4.79 Å². The Morgan fingerprint density at radius 3 is 2.00 bits per heavy atom. The van der Waals surface area contributed by atoms with Crippen LogP contribution in [0, 0.1) is 0 Å². The van der Waals surface area contributed by atoms with Gasteiger partial charge in [0.15, 0.2) is 0 Å². The van der Waals surface area contributed by atoms with E-state index in [0.29, 0.717) is 5.56 Å².